The summed E-state index contributed by atoms with van der Waals surface area (Å²) in [5.41, 5.74) is 6.40. The maximum absolute atomic E-state index is 5.26. The summed E-state index contributed by atoms with van der Waals surface area (Å²) in [4.78, 5) is 4.55. The number of rotatable bonds is 1. The van der Waals surface area contributed by atoms with E-state index in [1.807, 2.05) is 13.8 Å². The van der Waals surface area contributed by atoms with Crippen LogP contribution >= 0.6 is 0 Å². The van der Waals surface area contributed by atoms with E-state index in [0.717, 1.165) is 29.5 Å². The second-order valence-electron chi connectivity index (χ2n) is 4.49. The third-order valence-corrected chi connectivity index (χ3v) is 3.25. The van der Waals surface area contributed by atoms with Gasteiger partial charge >= 0.3 is 0 Å². The molecule has 2 aromatic heterocycles. The van der Waals surface area contributed by atoms with E-state index in [4.69, 9.17) is 4.52 Å². The van der Waals surface area contributed by atoms with Crippen molar-refractivity contribution < 1.29 is 4.52 Å². The highest BCUT2D eigenvalue weighted by atomic mass is 16.5. The monoisotopic (exact) mass is 214 g/mol. The lowest BCUT2D eigenvalue weighted by Crippen LogP contribution is -1.96. The first kappa shape index (κ1) is 9.58. The smallest absolute Gasteiger partial charge is 0.258 e. The number of allylic oxidation sites excluding steroid dienone is 1. The van der Waals surface area contributed by atoms with E-state index in [2.05, 4.69) is 16.7 Å². The topological polar surface area (TPSA) is 38.9 Å². The number of hydrogen-bond acceptors (Lipinski definition) is 3. The predicted octanol–water partition coefficient (Wildman–Crippen LogP) is 3.05. The van der Waals surface area contributed by atoms with Gasteiger partial charge in [0.2, 0.25) is 0 Å². The zero-order chi connectivity index (χ0) is 11.3. The van der Waals surface area contributed by atoms with Gasteiger partial charge in [0.05, 0.1) is 11.1 Å². The highest BCUT2D eigenvalue weighted by Crippen LogP contribution is 2.34. The van der Waals surface area contributed by atoms with E-state index in [-0.39, 0.29) is 0 Å². The summed E-state index contributed by atoms with van der Waals surface area (Å²) in [6, 6.07) is 0. The van der Waals surface area contributed by atoms with E-state index in [1.165, 1.54) is 23.2 Å². The van der Waals surface area contributed by atoms with Crippen molar-refractivity contribution >= 4 is 16.7 Å². The molecule has 2 heterocycles. The van der Waals surface area contributed by atoms with E-state index in [1.54, 1.807) is 0 Å². The van der Waals surface area contributed by atoms with Crippen LogP contribution in [0.15, 0.2) is 11.1 Å². The summed E-state index contributed by atoms with van der Waals surface area (Å²) in [5.74, 6) is 0. The van der Waals surface area contributed by atoms with Gasteiger partial charge in [-0.25, -0.2) is 4.98 Å². The Morgan fingerprint density at radius 1 is 1.38 bits per heavy atom. The van der Waals surface area contributed by atoms with Gasteiger partial charge in [0, 0.05) is 5.69 Å². The fourth-order valence-corrected chi connectivity index (χ4v) is 2.59. The molecule has 16 heavy (non-hydrogen) atoms. The molecular weight excluding hydrogens is 200 g/mol. The van der Waals surface area contributed by atoms with Crippen LogP contribution in [0.1, 0.15) is 35.9 Å². The van der Waals surface area contributed by atoms with Crippen molar-refractivity contribution in [1.29, 1.82) is 0 Å². The zero-order valence-electron chi connectivity index (χ0n) is 9.63. The van der Waals surface area contributed by atoms with Crippen molar-refractivity contribution in [2.45, 2.75) is 33.1 Å². The third kappa shape index (κ3) is 1.14. The molecule has 0 saturated heterocycles. The molecule has 3 rings (SSSR count). The Kier molecular flexibility index (Phi) is 1.90. The van der Waals surface area contributed by atoms with Gasteiger partial charge in [0.15, 0.2) is 0 Å². The fraction of sp³-hybridized carbons (Fsp3) is 0.385. The molecular formula is C13H14N2O. The van der Waals surface area contributed by atoms with Gasteiger partial charge in [-0.3, -0.25) is 0 Å². The zero-order valence-corrected chi connectivity index (χ0v) is 9.63. The largest absolute Gasteiger partial charge is 0.336 e. The van der Waals surface area contributed by atoms with E-state index in [9.17, 15) is 0 Å². The Labute approximate surface area is 94.2 Å². The molecule has 0 fully saturated rings. The Balaban J connectivity index is 2.48. The van der Waals surface area contributed by atoms with Gasteiger partial charge in [0.1, 0.15) is 0 Å². The molecule has 3 nitrogen and oxygen atoms in total. The third-order valence-electron chi connectivity index (χ3n) is 3.25. The first-order valence-corrected chi connectivity index (χ1v) is 5.62. The van der Waals surface area contributed by atoms with Gasteiger partial charge in [-0.05, 0) is 49.8 Å². The molecule has 0 aliphatic heterocycles. The average molecular weight is 214 g/mol. The van der Waals surface area contributed by atoms with Crippen LogP contribution in [0.2, 0.25) is 0 Å². The molecule has 0 spiro atoms. The first-order valence-electron chi connectivity index (χ1n) is 5.62. The lowest BCUT2D eigenvalue weighted by molar-refractivity contribution is 0.442. The van der Waals surface area contributed by atoms with Crippen molar-refractivity contribution in [1.82, 2.24) is 10.1 Å². The standard InChI is InChI=1S/C13H14N2O/c1-7(2)11-9-5-4-6-10(9)14-13-12(11)8(3)15-16-13/h1,4-6H2,2-3H3. The number of pyridine rings is 1. The van der Waals surface area contributed by atoms with Crippen molar-refractivity contribution in [3.8, 4) is 0 Å². The molecule has 1 aliphatic carbocycles. The Bertz CT molecular complexity index is 595. The minimum absolute atomic E-state index is 0.663. The van der Waals surface area contributed by atoms with Crippen LogP contribution in [0, 0.1) is 6.92 Å². The number of fused-ring (bicyclic) bond motifs is 2. The minimum atomic E-state index is 0.663. The quantitative estimate of drug-likeness (QED) is 0.732. The second kappa shape index (κ2) is 3.17. The summed E-state index contributed by atoms with van der Waals surface area (Å²) in [6.07, 6.45) is 3.33. The maximum atomic E-state index is 5.26. The molecule has 0 saturated carbocycles. The minimum Gasteiger partial charge on any atom is -0.336 e. The van der Waals surface area contributed by atoms with Crippen LogP contribution in [-0.4, -0.2) is 10.1 Å². The summed E-state index contributed by atoms with van der Waals surface area (Å²) in [6.45, 7) is 8.08. The Hall–Kier alpha value is -1.64. The fourth-order valence-electron chi connectivity index (χ4n) is 2.59. The van der Waals surface area contributed by atoms with E-state index < -0.39 is 0 Å². The highest BCUT2D eigenvalue weighted by Gasteiger charge is 2.23. The van der Waals surface area contributed by atoms with Crippen LogP contribution in [-0.2, 0) is 12.8 Å². The molecule has 0 unspecified atom stereocenters. The van der Waals surface area contributed by atoms with Gasteiger partial charge in [0.25, 0.3) is 5.71 Å². The van der Waals surface area contributed by atoms with Crippen LogP contribution in [0.5, 0.6) is 0 Å². The number of hydrogen-bond donors (Lipinski definition) is 0. The maximum Gasteiger partial charge on any atom is 0.258 e. The number of nitrogens with zero attached hydrogens (tertiary/aromatic N) is 2. The van der Waals surface area contributed by atoms with Crippen molar-refractivity contribution in [3.05, 3.63) is 29.1 Å². The normalized spacial score (nSPS) is 14.4. The molecule has 3 heteroatoms. The lowest BCUT2D eigenvalue weighted by Gasteiger charge is -2.08. The highest BCUT2D eigenvalue weighted by molar-refractivity contribution is 5.91. The lowest BCUT2D eigenvalue weighted by atomic mass is 9.98. The SMILES string of the molecule is C=C(C)c1c2c(nc3onc(C)c13)CCC2. The second-order valence-corrected chi connectivity index (χ2v) is 4.49. The molecule has 0 N–H and O–H groups in total. The van der Waals surface area contributed by atoms with Crippen molar-refractivity contribution in [3.63, 3.8) is 0 Å². The number of aromatic nitrogens is 2. The van der Waals surface area contributed by atoms with Crippen molar-refractivity contribution in [2.24, 2.45) is 0 Å². The Morgan fingerprint density at radius 2 is 2.19 bits per heavy atom. The van der Waals surface area contributed by atoms with Crippen LogP contribution in [0.25, 0.3) is 16.7 Å². The molecule has 0 radical (unpaired) electrons. The molecule has 2 aromatic rings. The van der Waals surface area contributed by atoms with Gasteiger partial charge in [-0.15, -0.1) is 0 Å². The van der Waals surface area contributed by atoms with E-state index >= 15 is 0 Å². The van der Waals surface area contributed by atoms with Gasteiger partial charge in [-0.2, -0.15) is 0 Å². The molecule has 1 aliphatic rings. The first-order chi connectivity index (χ1) is 7.68. The Morgan fingerprint density at radius 3 is 2.94 bits per heavy atom. The van der Waals surface area contributed by atoms with Crippen LogP contribution < -0.4 is 0 Å². The van der Waals surface area contributed by atoms with Gasteiger partial charge < -0.3 is 4.52 Å². The summed E-state index contributed by atoms with van der Waals surface area (Å²) in [5, 5.41) is 5.05. The molecule has 0 atom stereocenters. The molecule has 82 valence electrons. The van der Waals surface area contributed by atoms with Crippen LogP contribution in [0.3, 0.4) is 0 Å². The molecule has 0 bridgehead atoms. The predicted molar refractivity (Wildman–Crippen MR) is 63.3 cm³/mol. The summed E-state index contributed by atoms with van der Waals surface area (Å²) in [7, 11) is 0. The average Bonchev–Trinajstić information content (AvgIpc) is 2.82. The molecule has 0 amide bonds. The van der Waals surface area contributed by atoms with Gasteiger partial charge in [-0.1, -0.05) is 11.7 Å². The van der Waals surface area contributed by atoms with E-state index in [0.29, 0.717) is 5.71 Å². The summed E-state index contributed by atoms with van der Waals surface area (Å²) < 4.78 is 5.26. The summed E-state index contributed by atoms with van der Waals surface area (Å²) >= 11 is 0. The van der Waals surface area contributed by atoms with Crippen LogP contribution in [0.4, 0.5) is 0 Å². The number of aryl methyl sites for hydroxylation is 2. The van der Waals surface area contributed by atoms with Crippen molar-refractivity contribution in [2.75, 3.05) is 0 Å². The molecule has 0 aromatic carbocycles.